The number of para-hydroxylation sites is 1. The van der Waals surface area contributed by atoms with Crippen LogP contribution in [0.3, 0.4) is 0 Å². The Hall–Kier alpha value is -2.11. The highest BCUT2D eigenvalue weighted by molar-refractivity contribution is 5.73. The van der Waals surface area contributed by atoms with Gasteiger partial charge in [-0.25, -0.2) is 4.79 Å². The molecule has 21 heavy (non-hydrogen) atoms. The zero-order valence-electron chi connectivity index (χ0n) is 13.1. The molecule has 0 saturated carbocycles. The van der Waals surface area contributed by atoms with E-state index in [9.17, 15) is 4.79 Å². The molecule has 1 rings (SSSR count). The summed E-state index contributed by atoms with van der Waals surface area (Å²) in [6.45, 7) is 5.48. The van der Waals surface area contributed by atoms with Gasteiger partial charge in [-0.3, -0.25) is 0 Å². The average molecular weight is 296 g/mol. The Morgan fingerprint density at radius 1 is 1.14 bits per heavy atom. The fraction of sp³-hybridized carbons (Fsp3) is 0.533. The summed E-state index contributed by atoms with van der Waals surface area (Å²) < 4.78 is 16.1. The predicted octanol–water partition coefficient (Wildman–Crippen LogP) is 2.04. The highest BCUT2D eigenvalue weighted by Crippen LogP contribution is 2.36. The van der Waals surface area contributed by atoms with Gasteiger partial charge in [0.1, 0.15) is 6.61 Å². The molecule has 0 aliphatic rings. The van der Waals surface area contributed by atoms with Gasteiger partial charge in [-0.15, -0.1) is 0 Å². The first kappa shape index (κ1) is 16.9. The summed E-state index contributed by atoms with van der Waals surface area (Å²) in [6, 6.07) is 5.22. The van der Waals surface area contributed by atoms with Gasteiger partial charge in [0.2, 0.25) is 5.75 Å². The molecule has 1 aromatic rings. The molecule has 0 aliphatic carbocycles. The third-order valence-corrected chi connectivity index (χ3v) is 2.68. The number of hydrogen-bond acceptors (Lipinski definition) is 4. The predicted molar refractivity (Wildman–Crippen MR) is 81.3 cm³/mol. The third kappa shape index (κ3) is 5.81. The van der Waals surface area contributed by atoms with Crippen LogP contribution in [0, 0.1) is 5.92 Å². The lowest BCUT2D eigenvalue weighted by molar-refractivity contribution is 0.234. The third-order valence-electron chi connectivity index (χ3n) is 2.68. The molecule has 0 bridgehead atoms. The number of benzene rings is 1. The van der Waals surface area contributed by atoms with Gasteiger partial charge < -0.3 is 24.8 Å². The van der Waals surface area contributed by atoms with E-state index in [1.54, 1.807) is 26.4 Å². The van der Waals surface area contributed by atoms with E-state index in [1.165, 1.54) is 0 Å². The molecule has 0 aromatic heterocycles. The Balaban J connectivity index is 2.37. The highest BCUT2D eigenvalue weighted by atomic mass is 16.5. The maximum Gasteiger partial charge on any atom is 0.314 e. The van der Waals surface area contributed by atoms with Gasteiger partial charge in [0, 0.05) is 6.54 Å². The minimum Gasteiger partial charge on any atom is -0.493 e. The van der Waals surface area contributed by atoms with E-state index in [0.29, 0.717) is 42.9 Å². The van der Waals surface area contributed by atoms with Crippen molar-refractivity contribution in [2.75, 3.05) is 33.9 Å². The number of ether oxygens (including phenoxy) is 3. The van der Waals surface area contributed by atoms with Crippen molar-refractivity contribution in [2.45, 2.75) is 13.8 Å². The van der Waals surface area contributed by atoms with Crippen LogP contribution in [0.4, 0.5) is 4.79 Å². The first-order valence-electron chi connectivity index (χ1n) is 6.94. The zero-order chi connectivity index (χ0) is 15.7. The molecule has 0 unspecified atom stereocenters. The standard InChI is InChI=1S/C15H24N2O4/c1-11(2)10-17-15(18)16-8-9-21-13-7-5-6-12(19-3)14(13)20-4/h5-7,11H,8-10H2,1-4H3,(H2,16,17,18). The minimum absolute atomic E-state index is 0.190. The molecule has 0 saturated heterocycles. The highest BCUT2D eigenvalue weighted by Gasteiger charge is 2.10. The topological polar surface area (TPSA) is 68.8 Å². The lowest BCUT2D eigenvalue weighted by Crippen LogP contribution is -2.39. The number of carbonyl (C=O) groups is 1. The van der Waals surface area contributed by atoms with E-state index in [1.807, 2.05) is 19.9 Å². The number of amides is 2. The lowest BCUT2D eigenvalue weighted by Gasteiger charge is -2.14. The van der Waals surface area contributed by atoms with Crippen LogP contribution in [0.5, 0.6) is 17.2 Å². The molecule has 0 radical (unpaired) electrons. The first-order chi connectivity index (χ1) is 10.1. The van der Waals surface area contributed by atoms with E-state index in [0.717, 1.165) is 0 Å². The van der Waals surface area contributed by atoms with Crippen molar-refractivity contribution in [1.82, 2.24) is 10.6 Å². The Bertz CT molecular complexity index is 449. The normalized spacial score (nSPS) is 10.1. The second-order valence-electron chi connectivity index (χ2n) is 4.87. The second kappa shape index (κ2) is 8.94. The van der Waals surface area contributed by atoms with Crippen LogP contribution in [0.15, 0.2) is 18.2 Å². The SMILES string of the molecule is COc1cccc(OCCNC(=O)NCC(C)C)c1OC. The molecule has 6 heteroatoms. The van der Waals surface area contributed by atoms with Crippen LogP contribution in [0.2, 0.25) is 0 Å². The van der Waals surface area contributed by atoms with Crippen molar-refractivity contribution in [2.24, 2.45) is 5.92 Å². The van der Waals surface area contributed by atoms with Gasteiger partial charge in [-0.1, -0.05) is 19.9 Å². The summed E-state index contributed by atoms with van der Waals surface area (Å²) >= 11 is 0. The van der Waals surface area contributed by atoms with Gasteiger partial charge in [-0.05, 0) is 18.1 Å². The number of rotatable bonds is 8. The number of methoxy groups -OCH3 is 2. The summed E-state index contributed by atoms with van der Waals surface area (Å²) in [5.41, 5.74) is 0. The molecule has 2 amide bonds. The van der Waals surface area contributed by atoms with Gasteiger partial charge in [-0.2, -0.15) is 0 Å². The van der Waals surface area contributed by atoms with Crippen molar-refractivity contribution >= 4 is 6.03 Å². The van der Waals surface area contributed by atoms with Crippen molar-refractivity contribution in [3.8, 4) is 17.2 Å². The Morgan fingerprint density at radius 2 is 1.86 bits per heavy atom. The molecular weight excluding hydrogens is 272 g/mol. The minimum atomic E-state index is -0.190. The molecule has 6 nitrogen and oxygen atoms in total. The molecule has 2 N–H and O–H groups in total. The summed E-state index contributed by atoms with van der Waals surface area (Å²) in [6.07, 6.45) is 0. The summed E-state index contributed by atoms with van der Waals surface area (Å²) in [7, 11) is 3.13. The Labute approximate surface area is 125 Å². The average Bonchev–Trinajstić information content (AvgIpc) is 2.48. The van der Waals surface area contributed by atoms with Crippen molar-refractivity contribution in [3.05, 3.63) is 18.2 Å². The number of nitrogens with one attached hydrogen (secondary N) is 2. The van der Waals surface area contributed by atoms with E-state index in [-0.39, 0.29) is 6.03 Å². The van der Waals surface area contributed by atoms with E-state index in [4.69, 9.17) is 14.2 Å². The number of urea groups is 1. The largest absolute Gasteiger partial charge is 0.493 e. The van der Waals surface area contributed by atoms with E-state index < -0.39 is 0 Å². The van der Waals surface area contributed by atoms with E-state index in [2.05, 4.69) is 10.6 Å². The first-order valence-corrected chi connectivity index (χ1v) is 6.94. The maximum absolute atomic E-state index is 11.5. The smallest absolute Gasteiger partial charge is 0.314 e. The van der Waals surface area contributed by atoms with Gasteiger partial charge in [0.15, 0.2) is 11.5 Å². The fourth-order valence-electron chi connectivity index (χ4n) is 1.66. The second-order valence-corrected chi connectivity index (χ2v) is 4.87. The number of hydrogen-bond donors (Lipinski definition) is 2. The Kier molecular flexibility index (Phi) is 7.21. The van der Waals surface area contributed by atoms with Gasteiger partial charge in [0.25, 0.3) is 0 Å². The van der Waals surface area contributed by atoms with Crippen LogP contribution < -0.4 is 24.8 Å². The molecule has 0 aliphatic heterocycles. The van der Waals surface area contributed by atoms with Gasteiger partial charge >= 0.3 is 6.03 Å². The summed E-state index contributed by atoms with van der Waals surface area (Å²) in [5, 5.41) is 5.50. The molecule has 0 atom stereocenters. The van der Waals surface area contributed by atoms with Crippen LogP contribution in [0.25, 0.3) is 0 Å². The quantitative estimate of drug-likeness (QED) is 0.720. The number of carbonyl (C=O) groups excluding carboxylic acids is 1. The summed E-state index contributed by atoms with van der Waals surface area (Å²) in [5.74, 6) is 2.16. The molecule has 0 heterocycles. The molecule has 0 fully saturated rings. The fourth-order valence-corrected chi connectivity index (χ4v) is 1.66. The maximum atomic E-state index is 11.5. The van der Waals surface area contributed by atoms with Crippen molar-refractivity contribution < 1.29 is 19.0 Å². The summed E-state index contributed by atoms with van der Waals surface area (Å²) in [4.78, 5) is 11.5. The van der Waals surface area contributed by atoms with Crippen molar-refractivity contribution in [1.29, 1.82) is 0 Å². The monoisotopic (exact) mass is 296 g/mol. The van der Waals surface area contributed by atoms with Crippen LogP contribution in [-0.2, 0) is 0 Å². The molecule has 1 aromatic carbocycles. The van der Waals surface area contributed by atoms with Gasteiger partial charge in [0.05, 0.1) is 20.8 Å². The van der Waals surface area contributed by atoms with E-state index >= 15 is 0 Å². The van der Waals surface area contributed by atoms with Crippen LogP contribution >= 0.6 is 0 Å². The van der Waals surface area contributed by atoms with Crippen molar-refractivity contribution in [3.63, 3.8) is 0 Å². The van der Waals surface area contributed by atoms with Crippen LogP contribution in [-0.4, -0.2) is 39.9 Å². The van der Waals surface area contributed by atoms with Crippen LogP contribution in [0.1, 0.15) is 13.8 Å². The molecule has 118 valence electrons. The lowest BCUT2D eigenvalue weighted by atomic mass is 10.2. The zero-order valence-corrected chi connectivity index (χ0v) is 13.1. The molecule has 0 spiro atoms. The Morgan fingerprint density at radius 3 is 2.48 bits per heavy atom. The molecular formula is C15H24N2O4.